The lowest BCUT2D eigenvalue weighted by Gasteiger charge is -2.33. The fraction of sp³-hybridized carbons (Fsp3) is 0.324. The third kappa shape index (κ3) is 10.5. The van der Waals surface area contributed by atoms with Gasteiger partial charge in [0.1, 0.15) is 23.1 Å². The van der Waals surface area contributed by atoms with Gasteiger partial charge in [-0.15, -0.1) is 24.6 Å². The molecule has 2 heterocycles. The summed E-state index contributed by atoms with van der Waals surface area (Å²) in [5.41, 5.74) is 3.01. The monoisotopic (exact) mass is 609 g/mol. The molecular weight excluding hydrogens is 566 g/mol. The second-order valence-electron chi connectivity index (χ2n) is 10.1. The zero-order valence-electron chi connectivity index (χ0n) is 25.8. The van der Waals surface area contributed by atoms with Gasteiger partial charge < -0.3 is 9.47 Å². The summed E-state index contributed by atoms with van der Waals surface area (Å²) in [6.45, 7) is 5.04. The average Bonchev–Trinajstić information content (AvgIpc) is 3.43. The summed E-state index contributed by atoms with van der Waals surface area (Å²) in [5, 5.41) is 3.74. The Morgan fingerprint density at radius 2 is 1.82 bits per heavy atom. The van der Waals surface area contributed by atoms with E-state index in [9.17, 15) is 4.79 Å². The molecule has 6 nitrogen and oxygen atoms in total. The predicted octanol–water partition coefficient (Wildman–Crippen LogP) is 9.15. The van der Waals surface area contributed by atoms with Crippen LogP contribution in [0, 0.1) is 18.3 Å². The van der Waals surface area contributed by atoms with Crippen LogP contribution in [0.4, 0.5) is 10.5 Å². The minimum Gasteiger partial charge on any atom is -0.487 e. The number of benzene rings is 1. The van der Waals surface area contributed by atoms with Crippen molar-refractivity contribution in [3.8, 4) is 24.3 Å². The summed E-state index contributed by atoms with van der Waals surface area (Å²) in [6.07, 6.45) is 36.1. The van der Waals surface area contributed by atoms with Gasteiger partial charge >= 0.3 is 6.09 Å². The number of carbonyl (C=O) groups excluding carboxylic acids is 1. The normalized spacial score (nSPS) is 18.1. The maximum absolute atomic E-state index is 12.9. The van der Waals surface area contributed by atoms with E-state index < -0.39 is 6.09 Å². The molecule has 0 radical (unpaired) electrons. The molecule has 0 bridgehead atoms. The van der Waals surface area contributed by atoms with Crippen molar-refractivity contribution in [3.63, 3.8) is 0 Å². The summed E-state index contributed by atoms with van der Waals surface area (Å²) in [7, 11) is 0. The van der Waals surface area contributed by atoms with Crippen molar-refractivity contribution in [2.75, 3.05) is 24.2 Å². The van der Waals surface area contributed by atoms with Crippen molar-refractivity contribution < 1.29 is 14.3 Å². The van der Waals surface area contributed by atoms with Gasteiger partial charge in [-0.2, -0.15) is 0 Å². The maximum atomic E-state index is 12.9. The molecule has 1 aromatic heterocycles. The Hall–Kier alpha value is -4.28. The number of terminal acetylenes is 1. The molecule has 3 aliphatic rings. The second kappa shape index (κ2) is 19.1. The highest BCUT2D eigenvalue weighted by Gasteiger charge is 2.38. The van der Waals surface area contributed by atoms with E-state index in [1.54, 1.807) is 36.3 Å². The molecule has 1 amide bonds. The van der Waals surface area contributed by atoms with Gasteiger partial charge in [-0.25, -0.2) is 4.79 Å². The zero-order valence-corrected chi connectivity index (χ0v) is 26.6. The number of thioether (sulfide) groups is 1. The lowest BCUT2D eigenvalue weighted by Crippen LogP contribution is -2.24. The number of hydrogen-bond donors (Lipinski definition) is 1. The molecule has 1 N–H and O–H groups in total. The van der Waals surface area contributed by atoms with Crippen LogP contribution in [-0.2, 0) is 6.42 Å². The average molecular weight is 610 g/mol. The number of hydrogen-bond acceptors (Lipinski definition) is 6. The molecule has 230 valence electrons. The smallest absolute Gasteiger partial charge is 0.417 e. The van der Waals surface area contributed by atoms with Gasteiger partial charge in [0.25, 0.3) is 0 Å². The minimum atomic E-state index is -0.541. The number of amides is 1. The number of anilines is 1. The highest BCUT2D eigenvalue weighted by atomic mass is 32.2. The van der Waals surface area contributed by atoms with Crippen LogP contribution in [0.15, 0.2) is 108 Å². The van der Waals surface area contributed by atoms with Gasteiger partial charge in [0.05, 0.1) is 18.4 Å². The highest BCUT2D eigenvalue weighted by molar-refractivity contribution is 8.14. The van der Waals surface area contributed by atoms with Crippen LogP contribution < -0.4 is 14.8 Å². The number of allylic oxidation sites excluding steroid dienone is 8. The summed E-state index contributed by atoms with van der Waals surface area (Å²) >= 11 is 1.69. The van der Waals surface area contributed by atoms with E-state index in [1.807, 2.05) is 44.2 Å². The van der Waals surface area contributed by atoms with Crippen molar-refractivity contribution in [1.29, 1.82) is 0 Å². The number of aromatic nitrogens is 1. The number of rotatable bonds is 8. The number of nitrogens with zero attached hydrogens (tertiary/aromatic N) is 2. The lowest BCUT2D eigenvalue weighted by atomic mass is 9.72. The second-order valence-corrected chi connectivity index (χ2v) is 11.2. The van der Waals surface area contributed by atoms with Gasteiger partial charge in [0, 0.05) is 11.9 Å². The Balaban J connectivity index is 0.00000127. The quantitative estimate of drug-likeness (QED) is 0.302. The van der Waals surface area contributed by atoms with Crippen LogP contribution in [0.25, 0.3) is 0 Å². The first-order valence-electron chi connectivity index (χ1n) is 15.2. The number of carbonyl (C=O) groups is 1. The van der Waals surface area contributed by atoms with E-state index in [1.165, 1.54) is 18.4 Å². The summed E-state index contributed by atoms with van der Waals surface area (Å²) in [6, 6.07) is 9.31. The molecule has 1 saturated carbocycles. The van der Waals surface area contributed by atoms with Crippen molar-refractivity contribution in [1.82, 2.24) is 4.98 Å². The molecule has 0 atom stereocenters. The first-order chi connectivity index (χ1) is 21.7. The summed E-state index contributed by atoms with van der Waals surface area (Å²) in [5.74, 6) is 2.15. The molecule has 1 aliphatic heterocycles. The molecule has 44 heavy (non-hydrogen) atoms. The number of pyridine rings is 1. The molecule has 1 aromatic carbocycles. The van der Waals surface area contributed by atoms with E-state index in [0.717, 1.165) is 47.8 Å². The van der Waals surface area contributed by atoms with E-state index in [4.69, 9.17) is 9.47 Å². The summed E-state index contributed by atoms with van der Waals surface area (Å²) in [4.78, 5) is 21.6. The standard InChI is InChI=1S/C33H35N3O3S.C2H6.C2H2/c37-32(36-28-14-11-19-34-24-28)39-30-16-15-29(38-25-31-35-20-9-3-4-10-21-40-31)22-26(30)23-33(17-7-8-18-33)27-12-5-1-2-6-13-27;2*1-2/h1-6,9-12,14-16,19,22,24H,7-8,13,17-18,20-21,23,25H2,(H,36,37);1-2H3;1-2H/b9-3-,10-4-,35-31?;;. The van der Waals surface area contributed by atoms with E-state index >= 15 is 0 Å². The number of aliphatic imine (C=N–C) groups is 1. The van der Waals surface area contributed by atoms with Crippen LogP contribution in [0.1, 0.15) is 51.5 Å². The van der Waals surface area contributed by atoms with Crippen molar-refractivity contribution in [2.24, 2.45) is 10.4 Å². The minimum absolute atomic E-state index is 0.0198. The number of nitrogens with one attached hydrogen (secondary N) is 1. The van der Waals surface area contributed by atoms with Gasteiger partial charge in [0.2, 0.25) is 0 Å². The summed E-state index contributed by atoms with van der Waals surface area (Å²) < 4.78 is 12.1. The van der Waals surface area contributed by atoms with Gasteiger partial charge in [0.15, 0.2) is 0 Å². The Bertz CT molecular complexity index is 1400. The fourth-order valence-corrected chi connectivity index (χ4v) is 6.12. The molecule has 2 aliphatic carbocycles. The molecule has 0 saturated heterocycles. The fourth-order valence-electron chi connectivity index (χ4n) is 5.41. The topological polar surface area (TPSA) is 72.8 Å². The van der Waals surface area contributed by atoms with Crippen LogP contribution in [0.2, 0.25) is 0 Å². The lowest BCUT2D eigenvalue weighted by molar-refractivity contribution is 0.214. The van der Waals surface area contributed by atoms with Crippen molar-refractivity contribution >= 4 is 28.6 Å². The zero-order chi connectivity index (χ0) is 31.5. The van der Waals surface area contributed by atoms with Gasteiger partial charge in [-0.3, -0.25) is 15.3 Å². The molecule has 0 unspecified atom stereocenters. The Morgan fingerprint density at radius 3 is 2.61 bits per heavy atom. The molecule has 1 fully saturated rings. The number of ether oxygens (including phenoxy) is 2. The predicted molar refractivity (Wildman–Crippen MR) is 186 cm³/mol. The van der Waals surface area contributed by atoms with Crippen LogP contribution in [0.5, 0.6) is 11.5 Å². The highest BCUT2D eigenvalue weighted by Crippen LogP contribution is 2.49. The molecule has 2 aromatic rings. The van der Waals surface area contributed by atoms with Crippen molar-refractivity contribution in [3.05, 3.63) is 109 Å². The van der Waals surface area contributed by atoms with Crippen molar-refractivity contribution in [2.45, 2.75) is 52.4 Å². The third-order valence-corrected chi connectivity index (χ3v) is 8.31. The maximum Gasteiger partial charge on any atom is 0.417 e. The molecule has 7 heteroatoms. The first-order valence-corrected chi connectivity index (χ1v) is 16.2. The SMILES string of the molecule is C#C.CC.O=C(Nc1cccnc1)Oc1ccc(OCC2=NC/C=C\C=C/CS2)cc1CC1(C2=CC=CC=CC2)CCCC1. The largest absolute Gasteiger partial charge is 0.487 e. The van der Waals surface area contributed by atoms with Gasteiger partial charge in [-0.05, 0) is 67.0 Å². The molecule has 0 spiro atoms. The Labute approximate surface area is 267 Å². The molecule has 5 rings (SSSR count). The van der Waals surface area contributed by atoms with E-state index in [2.05, 4.69) is 70.7 Å². The van der Waals surface area contributed by atoms with E-state index in [0.29, 0.717) is 24.6 Å². The van der Waals surface area contributed by atoms with E-state index in [-0.39, 0.29) is 5.41 Å². The van der Waals surface area contributed by atoms with Crippen LogP contribution in [0.3, 0.4) is 0 Å². The first kappa shape index (κ1) is 34.2. The van der Waals surface area contributed by atoms with Crippen LogP contribution in [-0.4, -0.2) is 35.0 Å². The third-order valence-electron chi connectivity index (χ3n) is 7.37. The molecular formula is C37H43N3O3S. The Morgan fingerprint density at radius 1 is 1.02 bits per heavy atom. The van der Waals surface area contributed by atoms with Gasteiger partial charge in [-0.1, -0.05) is 86.9 Å². The van der Waals surface area contributed by atoms with Crippen LogP contribution >= 0.6 is 11.8 Å². The Kier molecular flexibility index (Phi) is 14.8.